The highest BCUT2D eigenvalue weighted by molar-refractivity contribution is 6.33. The number of rotatable bonds is 1. The van der Waals surface area contributed by atoms with Crippen LogP contribution in [0.1, 0.15) is 6.42 Å². The molecule has 0 aromatic heterocycles. The second kappa shape index (κ2) is 5.79. The van der Waals surface area contributed by atoms with Gasteiger partial charge >= 0.3 is 17.9 Å². The van der Waals surface area contributed by atoms with E-state index in [1.165, 1.54) is 9.80 Å². The molecule has 3 heterocycles. The van der Waals surface area contributed by atoms with Crippen molar-refractivity contribution < 1.29 is 23.9 Å². The molecule has 3 aliphatic rings. The number of esters is 1. The lowest BCUT2D eigenvalue weighted by Gasteiger charge is -2.34. The first-order valence-corrected chi connectivity index (χ1v) is 9.06. The van der Waals surface area contributed by atoms with Crippen molar-refractivity contribution in [3.8, 4) is 0 Å². The molecule has 0 N–H and O–H groups in total. The number of methoxy groups -OCH3 is 1. The van der Waals surface area contributed by atoms with Crippen LogP contribution in [-0.2, 0) is 19.1 Å². The van der Waals surface area contributed by atoms with Gasteiger partial charge in [0.1, 0.15) is 6.04 Å². The Balaban J connectivity index is 1.53. The zero-order valence-electron chi connectivity index (χ0n) is 15.1. The Bertz CT molecular complexity index is 1050. The first-order valence-electron chi connectivity index (χ1n) is 9.06. The van der Waals surface area contributed by atoms with Crippen molar-refractivity contribution >= 4 is 40.3 Å². The Morgan fingerprint density at radius 3 is 2.61 bits per heavy atom. The van der Waals surface area contributed by atoms with Crippen LogP contribution >= 0.6 is 0 Å². The molecule has 0 saturated carbocycles. The van der Waals surface area contributed by atoms with Crippen LogP contribution in [0, 0.1) is 0 Å². The van der Waals surface area contributed by atoms with Crippen LogP contribution in [0.25, 0.3) is 10.8 Å². The minimum absolute atomic E-state index is 0.234. The van der Waals surface area contributed by atoms with E-state index in [2.05, 4.69) is 4.74 Å². The molecule has 3 atom stereocenters. The van der Waals surface area contributed by atoms with Gasteiger partial charge in [0.05, 0.1) is 24.9 Å². The molecular formula is C20H17N3O5. The Morgan fingerprint density at radius 1 is 1.07 bits per heavy atom. The Morgan fingerprint density at radius 2 is 1.82 bits per heavy atom. The molecule has 0 radical (unpaired) electrons. The summed E-state index contributed by atoms with van der Waals surface area (Å²) in [6, 6.07) is 11.1. The lowest BCUT2D eigenvalue weighted by Crippen LogP contribution is -2.56. The summed E-state index contributed by atoms with van der Waals surface area (Å²) < 4.78 is 4.52. The van der Waals surface area contributed by atoms with Gasteiger partial charge in [-0.2, -0.15) is 0 Å². The number of imide groups is 1. The van der Waals surface area contributed by atoms with E-state index in [-0.39, 0.29) is 24.5 Å². The number of carbonyl (C=O) groups is 4. The number of anilines is 1. The van der Waals surface area contributed by atoms with Gasteiger partial charge in [0.15, 0.2) is 0 Å². The number of hydrogen-bond acceptors (Lipinski definition) is 5. The van der Waals surface area contributed by atoms with Crippen molar-refractivity contribution in [1.29, 1.82) is 0 Å². The average molecular weight is 379 g/mol. The van der Waals surface area contributed by atoms with Crippen LogP contribution in [0.3, 0.4) is 0 Å². The van der Waals surface area contributed by atoms with E-state index < -0.39 is 24.0 Å². The number of nitrogens with zero attached hydrogens (tertiary/aromatic N) is 3. The van der Waals surface area contributed by atoms with Crippen LogP contribution in [0.5, 0.6) is 0 Å². The number of fused-ring (bicyclic) bond motifs is 6. The quantitative estimate of drug-likeness (QED) is 0.421. The fourth-order valence-corrected chi connectivity index (χ4v) is 4.72. The molecule has 142 valence electrons. The highest BCUT2D eigenvalue weighted by Gasteiger charge is 2.63. The Kier molecular flexibility index (Phi) is 3.46. The van der Waals surface area contributed by atoms with E-state index in [9.17, 15) is 19.2 Å². The molecule has 4 amide bonds. The molecule has 2 aromatic rings. The van der Waals surface area contributed by atoms with Gasteiger partial charge in [0.2, 0.25) is 0 Å². The molecular weight excluding hydrogens is 362 g/mol. The summed E-state index contributed by atoms with van der Waals surface area (Å²) in [4.78, 5) is 54.5. The molecule has 8 heteroatoms. The van der Waals surface area contributed by atoms with Crippen LogP contribution in [-0.4, -0.2) is 65.4 Å². The molecule has 3 fully saturated rings. The maximum atomic E-state index is 13.2. The van der Waals surface area contributed by atoms with Gasteiger partial charge < -0.3 is 14.5 Å². The number of piperazine rings is 1. The van der Waals surface area contributed by atoms with E-state index in [1.54, 1.807) is 11.0 Å². The van der Waals surface area contributed by atoms with E-state index in [4.69, 9.17) is 0 Å². The van der Waals surface area contributed by atoms with E-state index >= 15 is 0 Å². The summed E-state index contributed by atoms with van der Waals surface area (Å²) in [6.45, 7) is 0.234. The maximum Gasteiger partial charge on any atom is 0.396 e. The number of hydrogen-bond donors (Lipinski definition) is 0. The molecule has 2 unspecified atom stereocenters. The van der Waals surface area contributed by atoms with Gasteiger partial charge in [-0.05, 0) is 17.9 Å². The van der Waals surface area contributed by atoms with E-state index in [1.807, 2.05) is 36.4 Å². The average Bonchev–Trinajstić information content (AvgIpc) is 3.38. The monoisotopic (exact) mass is 379 g/mol. The largest absolute Gasteiger partial charge is 0.462 e. The molecule has 3 saturated heterocycles. The molecule has 2 bridgehead atoms. The number of amides is 4. The molecule has 5 rings (SSSR count). The summed E-state index contributed by atoms with van der Waals surface area (Å²) in [6.07, 6.45) is 0.494. The standard InChI is InChI=1S/C20H17N3O5/c1-28-19(26)18(25)21-10-12-9-15(21)16-17(24)23(20(27)22(12)16)14-8-4-6-11-5-2-3-7-13(11)14/h2-8,12,15-16H,9-10H2,1H3/t12?,15?,16-/m1/s1. The minimum atomic E-state index is -0.957. The van der Waals surface area contributed by atoms with Crippen LogP contribution < -0.4 is 4.90 Å². The van der Waals surface area contributed by atoms with Gasteiger partial charge in [-0.3, -0.25) is 9.59 Å². The molecule has 8 nitrogen and oxygen atoms in total. The Labute approximate surface area is 160 Å². The van der Waals surface area contributed by atoms with Gasteiger partial charge in [-0.15, -0.1) is 0 Å². The Hall–Kier alpha value is -3.42. The molecule has 0 spiro atoms. The normalized spacial score (nSPS) is 25.6. The zero-order chi connectivity index (χ0) is 19.6. The van der Waals surface area contributed by atoms with Crippen LogP contribution in [0.15, 0.2) is 42.5 Å². The fourth-order valence-electron chi connectivity index (χ4n) is 4.72. The number of ether oxygens (including phenoxy) is 1. The van der Waals surface area contributed by atoms with Gasteiger partial charge in [-0.25, -0.2) is 14.5 Å². The molecule has 2 aromatic carbocycles. The summed E-state index contributed by atoms with van der Waals surface area (Å²) in [5.41, 5.74) is 0.535. The number of benzene rings is 2. The third-order valence-electron chi connectivity index (χ3n) is 5.89. The topological polar surface area (TPSA) is 87.2 Å². The highest BCUT2D eigenvalue weighted by atomic mass is 16.5. The van der Waals surface area contributed by atoms with Crippen LogP contribution in [0.2, 0.25) is 0 Å². The summed E-state index contributed by atoms with van der Waals surface area (Å²) in [5.74, 6) is -2.09. The van der Waals surface area contributed by atoms with E-state index in [0.717, 1.165) is 17.9 Å². The predicted molar refractivity (Wildman–Crippen MR) is 98.4 cm³/mol. The first kappa shape index (κ1) is 16.7. The van der Waals surface area contributed by atoms with E-state index in [0.29, 0.717) is 12.1 Å². The third-order valence-corrected chi connectivity index (χ3v) is 5.89. The minimum Gasteiger partial charge on any atom is -0.462 e. The number of urea groups is 1. The summed E-state index contributed by atoms with van der Waals surface area (Å²) in [7, 11) is 1.15. The SMILES string of the molecule is COC(=O)C(=O)N1CC2CC1[C@@H]1C(=O)N(c3cccc4ccccc34)C(=O)N21. The lowest BCUT2D eigenvalue weighted by atomic mass is 10.1. The van der Waals surface area contributed by atoms with Crippen molar-refractivity contribution in [3.63, 3.8) is 0 Å². The first-order chi connectivity index (χ1) is 13.5. The second-order valence-corrected chi connectivity index (χ2v) is 7.21. The smallest absolute Gasteiger partial charge is 0.396 e. The van der Waals surface area contributed by atoms with Gasteiger partial charge in [0.25, 0.3) is 5.91 Å². The van der Waals surface area contributed by atoms with Crippen molar-refractivity contribution in [2.24, 2.45) is 0 Å². The number of likely N-dealkylation sites (tertiary alicyclic amines) is 1. The second-order valence-electron chi connectivity index (χ2n) is 7.21. The molecule has 3 aliphatic heterocycles. The zero-order valence-corrected chi connectivity index (χ0v) is 15.1. The summed E-state index contributed by atoms with van der Waals surface area (Å²) in [5, 5.41) is 1.74. The van der Waals surface area contributed by atoms with Crippen molar-refractivity contribution in [1.82, 2.24) is 9.80 Å². The van der Waals surface area contributed by atoms with Crippen molar-refractivity contribution in [3.05, 3.63) is 42.5 Å². The third kappa shape index (κ3) is 2.05. The van der Waals surface area contributed by atoms with Gasteiger partial charge in [-0.1, -0.05) is 36.4 Å². The highest BCUT2D eigenvalue weighted by Crippen LogP contribution is 2.43. The lowest BCUT2D eigenvalue weighted by molar-refractivity contribution is -0.160. The predicted octanol–water partition coefficient (Wildman–Crippen LogP) is 1.13. The number of carbonyl (C=O) groups excluding carboxylic acids is 4. The van der Waals surface area contributed by atoms with Crippen molar-refractivity contribution in [2.75, 3.05) is 18.6 Å². The van der Waals surface area contributed by atoms with Gasteiger partial charge in [0, 0.05) is 11.9 Å². The fraction of sp³-hybridized carbons (Fsp3) is 0.300. The van der Waals surface area contributed by atoms with Crippen LogP contribution in [0.4, 0.5) is 10.5 Å². The molecule has 28 heavy (non-hydrogen) atoms. The summed E-state index contributed by atoms with van der Waals surface area (Å²) >= 11 is 0. The van der Waals surface area contributed by atoms with Crippen molar-refractivity contribution in [2.45, 2.75) is 24.5 Å². The molecule has 0 aliphatic carbocycles. The maximum absolute atomic E-state index is 13.2.